The van der Waals surface area contributed by atoms with Crippen LogP contribution in [0.1, 0.15) is 32.3 Å². The Morgan fingerprint density at radius 3 is 2.17 bits per heavy atom. The minimum absolute atomic E-state index is 0.0333. The topological polar surface area (TPSA) is 105 Å². The Kier molecular flexibility index (Phi) is 11.4. The number of hydrogen-bond acceptors (Lipinski definition) is 6. The van der Waals surface area contributed by atoms with Gasteiger partial charge in [0.05, 0.1) is 24.8 Å². The van der Waals surface area contributed by atoms with Gasteiger partial charge in [-0.05, 0) is 66.9 Å². The highest BCUT2D eigenvalue weighted by Gasteiger charge is 2.34. The van der Waals surface area contributed by atoms with Gasteiger partial charge in [-0.25, -0.2) is 8.42 Å². The van der Waals surface area contributed by atoms with E-state index >= 15 is 0 Å². The van der Waals surface area contributed by atoms with Crippen molar-refractivity contribution >= 4 is 39.1 Å². The van der Waals surface area contributed by atoms with Gasteiger partial charge >= 0.3 is 0 Å². The van der Waals surface area contributed by atoms with Crippen molar-refractivity contribution in [3.63, 3.8) is 0 Å². The number of benzene rings is 3. The Morgan fingerprint density at radius 1 is 0.927 bits per heavy atom. The SMILES string of the molecule is CCCNC(=O)C(CC)N(Cc1ccc(Cl)cc1)C(=O)CN(c1ccccc1OC)S(=O)(=O)c1ccc(OC)cc1. The number of hydrogen-bond donors (Lipinski definition) is 1. The lowest BCUT2D eigenvalue weighted by molar-refractivity contribution is -0.140. The van der Waals surface area contributed by atoms with Gasteiger partial charge in [0.15, 0.2) is 0 Å². The molecule has 0 radical (unpaired) electrons. The number of nitrogens with one attached hydrogen (secondary N) is 1. The minimum atomic E-state index is -4.25. The molecule has 3 aromatic carbocycles. The normalized spacial score (nSPS) is 11.8. The lowest BCUT2D eigenvalue weighted by atomic mass is 10.1. The molecule has 0 aliphatic heterocycles. The molecule has 1 N–H and O–H groups in total. The third-order valence-electron chi connectivity index (χ3n) is 6.48. The number of halogens is 1. The number of methoxy groups -OCH3 is 2. The molecule has 0 spiro atoms. The second kappa shape index (κ2) is 14.7. The summed E-state index contributed by atoms with van der Waals surface area (Å²) < 4.78 is 39.7. The molecule has 41 heavy (non-hydrogen) atoms. The van der Waals surface area contributed by atoms with E-state index in [1.165, 1.54) is 43.4 Å². The zero-order valence-electron chi connectivity index (χ0n) is 23.7. The zero-order chi connectivity index (χ0) is 30.0. The van der Waals surface area contributed by atoms with Crippen LogP contribution in [0.2, 0.25) is 5.02 Å². The lowest BCUT2D eigenvalue weighted by Crippen LogP contribution is -2.52. The molecule has 1 atom stereocenters. The number of carbonyl (C=O) groups excluding carboxylic acids is 2. The summed E-state index contributed by atoms with van der Waals surface area (Å²) in [4.78, 5) is 28.7. The van der Waals surface area contributed by atoms with Crippen LogP contribution >= 0.6 is 11.6 Å². The predicted octanol–water partition coefficient (Wildman–Crippen LogP) is 4.89. The Balaban J connectivity index is 2.08. The van der Waals surface area contributed by atoms with E-state index in [0.29, 0.717) is 23.7 Å². The number of rotatable bonds is 14. The summed E-state index contributed by atoms with van der Waals surface area (Å²) in [6.07, 6.45) is 1.06. The number of ether oxygens (including phenoxy) is 2. The van der Waals surface area contributed by atoms with E-state index in [1.807, 2.05) is 13.8 Å². The predicted molar refractivity (Wildman–Crippen MR) is 160 cm³/mol. The van der Waals surface area contributed by atoms with Gasteiger partial charge in [0.2, 0.25) is 11.8 Å². The maximum atomic E-state index is 14.1. The molecule has 0 aromatic heterocycles. The van der Waals surface area contributed by atoms with Crippen molar-refractivity contribution < 1.29 is 27.5 Å². The van der Waals surface area contributed by atoms with Crippen LogP contribution in [-0.2, 0) is 26.2 Å². The molecule has 3 rings (SSSR count). The largest absolute Gasteiger partial charge is 0.497 e. The van der Waals surface area contributed by atoms with Crippen molar-refractivity contribution in [2.45, 2.75) is 44.2 Å². The Labute approximate surface area is 247 Å². The van der Waals surface area contributed by atoms with Crippen molar-refractivity contribution in [3.8, 4) is 11.5 Å². The molecule has 0 saturated carbocycles. The van der Waals surface area contributed by atoms with E-state index in [2.05, 4.69) is 5.32 Å². The van der Waals surface area contributed by atoms with Gasteiger partial charge in [0.25, 0.3) is 10.0 Å². The maximum Gasteiger partial charge on any atom is 0.264 e. The molecule has 3 aromatic rings. The number of amides is 2. The van der Waals surface area contributed by atoms with Crippen LogP contribution in [0, 0.1) is 0 Å². The van der Waals surface area contributed by atoms with Crippen molar-refractivity contribution in [2.24, 2.45) is 0 Å². The summed E-state index contributed by atoms with van der Waals surface area (Å²) >= 11 is 6.06. The zero-order valence-corrected chi connectivity index (χ0v) is 25.2. The molecule has 220 valence electrons. The van der Waals surface area contributed by atoms with Crippen molar-refractivity contribution in [3.05, 3.63) is 83.4 Å². The van der Waals surface area contributed by atoms with Crippen molar-refractivity contribution in [1.29, 1.82) is 0 Å². The highest BCUT2D eigenvalue weighted by Crippen LogP contribution is 2.33. The van der Waals surface area contributed by atoms with Crippen molar-refractivity contribution in [2.75, 3.05) is 31.6 Å². The van der Waals surface area contributed by atoms with E-state index < -0.39 is 28.5 Å². The first-order chi connectivity index (χ1) is 19.7. The Morgan fingerprint density at radius 2 is 1.59 bits per heavy atom. The fourth-order valence-electron chi connectivity index (χ4n) is 4.30. The van der Waals surface area contributed by atoms with Gasteiger partial charge in [-0.2, -0.15) is 0 Å². The molecule has 1 unspecified atom stereocenters. The number of sulfonamides is 1. The summed E-state index contributed by atoms with van der Waals surface area (Å²) in [6.45, 7) is 3.71. The molecule has 0 aliphatic carbocycles. The molecule has 11 heteroatoms. The molecule has 0 saturated heterocycles. The monoisotopic (exact) mass is 601 g/mol. The van der Waals surface area contributed by atoms with Crippen molar-refractivity contribution in [1.82, 2.24) is 10.2 Å². The highest BCUT2D eigenvalue weighted by atomic mass is 35.5. The second-order valence-electron chi connectivity index (χ2n) is 9.22. The van der Waals surface area contributed by atoms with Gasteiger partial charge in [-0.1, -0.05) is 49.7 Å². The molecule has 0 heterocycles. The molecular weight excluding hydrogens is 566 g/mol. The van der Waals surface area contributed by atoms with Gasteiger partial charge in [0.1, 0.15) is 24.1 Å². The summed E-state index contributed by atoms with van der Waals surface area (Å²) in [6, 6.07) is 18.6. The van der Waals surface area contributed by atoms with E-state index in [-0.39, 0.29) is 28.8 Å². The van der Waals surface area contributed by atoms with Crippen LogP contribution in [-0.4, -0.2) is 58.5 Å². The second-order valence-corrected chi connectivity index (χ2v) is 11.5. The number of nitrogens with zero attached hydrogens (tertiary/aromatic N) is 2. The van der Waals surface area contributed by atoms with Crippen LogP contribution < -0.4 is 19.1 Å². The molecular formula is C30H36ClN3O6S. The van der Waals surface area contributed by atoms with Crippen LogP contribution in [0.15, 0.2) is 77.7 Å². The molecule has 2 amide bonds. The van der Waals surface area contributed by atoms with Gasteiger partial charge in [-0.15, -0.1) is 0 Å². The Hall–Kier alpha value is -3.76. The fraction of sp³-hybridized carbons (Fsp3) is 0.333. The standard InChI is InChI=1S/C30H36ClN3O6S/c1-5-19-32-30(36)26(6-2)33(20-22-11-13-23(31)14-12-22)29(35)21-34(27-9-7-8-10-28(27)40-4)41(37,38)25-17-15-24(39-3)16-18-25/h7-18,26H,5-6,19-21H2,1-4H3,(H,32,36). The summed E-state index contributed by atoms with van der Waals surface area (Å²) in [5.41, 5.74) is 0.931. The van der Waals surface area contributed by atoms with Crippen LogP contribution in [0.25, 0.3) is 0 Å². The fourth-order valence-corrected chi connectivity index (χ4v) is 5.85. The molecule has 0 fully saturated rings. The smallest absolute Gasteiger partial charge is 0.264 e. The summed E-state index contributed by atoms with van der Waals surface area (Å²) in [7, 11) is -1.34. The van der Waals surface area contributed by atoms with E-state index in [1.54, 1.807) is 48.5 Å². The number of anilines is 1. The number of para-hydroxylation sites is 2. The third-order valence-corrected chi connectivity index (χ3v) is 8.51. The van der Waals surface area contributed by atoms with E-state index in [4.69, 9.17) is 21.1 Å². The first-order valence-corrected chi connectivity index (χ1v) is 15.1. The Bertz CT molecular complexity index is 1410. The van der Waals surface area contributed by atoms with Gasteiger partial charge < -0.3 is 19.7 Å². The van der Waals surface area contributed by atoms with E-state index in [9.17, 15) is 18.0 Å². The van der Waals surface area contributed by atoms with Crippen LogP contribution in [0.5, 0.6) is 11.5 Å². The molecule has 0 aliphatic rings. The molecule has 9 nitrogen and oxygen atoms in total. The summed E-state index contributed by atoms with van der Waals surface area (Å²) in [5.74, 6) is -0.101. The van der Waals surface area contributed by atoms with Crippen LogP contribution in [0.3, 0.4) is 0 Å². The first-order valence-electron chi connectivity index (χ1n) is 13.3. The quantitative estimate of drug-likeness (QED) is 0.282. The average molecular weight is 602 g/mol. The lowest BCUT2D eigenvalue weighted by Gasteiger charge is -2.33. The third kappa shape index (κ3) is 7.92. The molecule has 0 bridgehead atoms. The highest BCUT2D eigenvalue weighted by molar-refractivity contribution is 7.92. The average Bonchev–Trinajstić information content (AvgIpc) is 2.99. The van der Waals surface area contributed by atoms with Gasteiger partial charge in [-0.3, -0.25) is 13.9 Å². The first kappa shape index (κ1) is 31.8. The van der Waals surface area contributed by atoms with Gasteiger partial charge in [0, 0.05) is 18.1 Å². The summed E-state index contributed by atoms with van der Waals surface area (Å²) in [5, 5.41) is 3.40. The van der Waals surface area contributed by atoms with Crippen LogP contribution in [0.4, 0.5) is 5.69 Å². The minimum Gasteiger partial charge on any atom is -0.497 e. The number of carbonyl (C=O) groups is 2. The van der Waals surface area contributed by atoms with E-state index in [0.717, 1.165) is 16.3 Å². The maximum absolute atomic E-state index is 14.1.